The molecular weight excluding hydrogens is 256 g/mol. The van der Waals surface area contributed by atoms with Gasteiger partial charge in [0.1, 0.15) is 10.9 Å². The molecule has 0 aliphatic carbocycles. The molecule has 2 rings (SSSR count). The van der Waals surface area contributed by atoms with Gasteiger partial charge in [0.25, 0.3) is 0 Å². The van der Waals surface area contributed by atoms with Crippen LogP contribution in [0.5, 0.6) is 5.75 Å². The third-order valence-electron chi connectivity index (χ3n) is 2.30. The standard InChI is InChI=1S/C12H9ClN2O3/c13-11-7(5-10(17)18)6-14-12(15-11)8-3-1-2-4-9(8)16/h1-4,6,16H,5H2,(H,17,18). The summed E-state index contributed by atoms with van der Waals surface area (Å²) in [6.45, 7) is 0. The Kier molecular flexibility index (Phi) is 3.43. The van der Waals surface area contributed by atoms with Gasteiger partial charge >= 0.3 is 5.97 Å². The van der Waals surface area contributed by atoms with Crippen molar-refractivity contribution in [1.29, 1.82) is 0 Å². The van der Waals surface area contributed by atoms with Crippen molar-refractivity contribution in [3.63, 3.8) is 0 Å². The normalized spacial score (nSPS) is 10.3. The van der Waals surface area contributed by atoms with E-state index < -0.39 is 5.97 Å². The van der Waals surface area contributed by atoms with E-state index in [0.29, 0.717) is 11.1 Å². The first-order valence-corrected chi connectivity index (χ1v) is 5.47. The molecule has 1 aromatic carbocycles. The Labute approximate surface area is 108 Å². The minimum Gasteiger partial charge on any atom is -0.507 e. The van der Waals surface area contributed by atoms with E-state index in [2.05, 4.69) is 9.97 Å². The summed E-state index contributed by atoms with van der Waals surface area (Å²) in [5.41, 5.74) is 0.782. The Balaban J connectivity index is 2.40. The first-order chi connectivity index (χ1) is 8.58. The zero-order valence-electron chi connectivity index (χ0n) is 9.17. The highest BCUT2D eigenvalue weighted by molar-refractivity contribution is 6.30. The molecule has 0 aliphatic heterocycles. The van der Waals surface area contributed by atoms with Crippen molar-refractivity contribution >= 4 is 17.6 Å². The molecule has 2 aromatic rings. The fourth-order valence-corrected chi connectivity index (χ4v) is 1.66. The number of carbonyl (C=O) groups is 1. The molecule has 92 valence electrons. The Hall–Kier alpha value is -2.14. The number of carboxylic acids is 1. The van der Waals surface area contributed by atoms with Crippen LogP contribution in [0.3, 0.4) is 0 Å². The Bertz CT molecular complexity index is 602. The molecule has 18 heavy (non-hydrogen) atoms. The zero-order valence-corrected chi connectivity index (χ0v) is 9.92. The van der Waals surface area contributed by atoms with Crippen LogP contribution in [0, 0.1) is 0 Å². The lowest BCUT2D eigenvalue weighted by atomic mass is 10.2. The average Bonchev–Trinajstić information content (AvgIpc) is 2.32. The molecular formula is C12H9ClN2O3. The highest BCUT2D eigenvalue weighted by Crippen LogP contribution is 2.27. The van der Waals surface area contributed by atoms with Gasteiger partial charge in [0.05, 0.1) is 12.0 Å². The van der Waals surface area contributed by atoms with Crippen LogP contribution in [0.15, 0.2) is 30.5 Å². The Morgan fingerprint density at radius 3 is 2.67 bits per heavy atom. The molecule has 1 heterocycles. The molecule has 0 atom stereocenters. The van der Waals surface area contributed by atoms with Crippen molar-refractivity contribution in [2.45, 2.75) is 6.42 Å². The van der Waals surface area contributed by atoms with Gasteiger partial charge in [0.2, 0.25) is 0 Å². The van der Waals surface area contributed by atoms with Crippen molar-refractivity contribution in [3.05, 3.63) is 41.2 Å². The highest BCUT2D eigenvalue weighted by Gasteiger charge is 2.11. The van der Waals surface area contributed by atoms with Gasteiger partial charge in [-0.25, -0.2) is 9.97 Å². The fraction of sp³-hybridized carbons (Fsp3) is 0.0833. The summed E-state index contributed by atoms with van der Waals surface area (Å²) in [6.07, 6.45) is 1.12. The molecule has 0 aliphatic rings. The molecule has 6 heteroatoms. The largest absolute Gasteiger partial charge is 0.507 e. The smallest absolute Gasteiger partial charge is 0.307 e. The summed E-state index contributed by atoms with van der Waals surface area (Å²) in [5, 5.41) is 18.4. The fourth-order valence-electron chi connectivity index (χ4n) is 1.46. The van der Waals surface area contributed by atoms with Gasteiger partial charge in [0.15, 0.2) is 5.82 Å². The van der Waals surface area contributed by atoms with Crippen LogP contribution in [0.1, 0.15) is 5.56 Å². The van der Waals surface area contributed by atoms with Crippen LogP contribution in [-0.4, -0.2) is 26.2 Å². The van der Waals surface area contributed by atoms with Crippen LogP contribution >= 0.6 is 11.6 Å². The van der Waals surface area contributed by atoms with Gasteiger partial charge in [-0.15, -0.1) is 0 Å². The quantitative estimate of drug-likeness (QED) is 0.830. The Morgan fingerprint density at radius 2 is 2.06 bits per heavy atom. The predicted octanol–water partition coefficient (Wildman–Crippen LogP) is 2.13. The maximum absolute atomic E-state index is 10.6. The summed E-state index contributed by atoms with van der Waals surface area (Å²) < 4.78 is 0. The second kappa shape index (κ2) is 5.01. The molecule has 0 saturated heterocycles. The summed E-state index contributed by atoms with van der Waals surface area (Å²) in [5.74, 6) is -0.706. The number of benzene rings is 1. The number of aromatic nitrogens is 2. The second-order valence-electron chi connectivity index (χ2n) is 3.60. The number of nitrogens with zero attached hydrogens (tertiary/aromatic N) is 2. The van der Waals surface area contributed by atoms with E-state index in [-0.39, 0.29) is 23.1 Å². The van der Waals surface area contributed by atoms with Crippen LogP contribution < -0.4 is 0 Å². The van der Waals surface area contributed by atoms with Gasteiger partial charge in [-0.1, -0.05) is 23.7 Å². The molecule has 0 amide bonds. The summed E-state index contributed by atoms with van der Waals surface area (Å²) in [4.78, 5) is 18.6. The van der Waals surface area contributed by atoms with E-state index in [9.17, 15) is 9.90 Å². The number of rotatable bonds is 3. The van der Waals surface area contributed by atoms with Crippen molar-refractivity contribution in [2.75, 3.05) is 0 Å². The monoisotopic (exact) mass is 264 g/mol. The van der Waals surface area contributed by atoms with E-state index in [1.165, 1.54) is 12.3 Å². The van der Waals surface area contributed by atoms with Crippen molar-refractivity contribution < 1.29 is 15.0 Å². The van der Waals surface area contributed by atoms with Crippen LogP contribution in [0.25, 0.3) is 11.4 Å². The summed E-state index contributed by atoms with van der Waals surface area (Å²) >= 11 is 5.88. The van der Waals surface area contributed by atoms with Crippen molar-refractivity contribution in [2.24, 2.45) is 0 Å². The topological polar surface area (TPSA) is 83.3 Å². The van der Waals surface area contributed by atoms with Gasteiger partial charge in [-0.3, -0.25) is 4.79 Å². The summed E-state index contributed by atoms with van der Waals surface area (Å²) in [6, 6.07) is 6.58. The molecule has 2 N–H and O–H groups in total. The maximum Gasteiger partial charge on any atom is 0.307 e. The van der Waals surface area contributed by atoms with Crippen molar-refractivity contribution in [3.8, 4) is 17.1 Å². The number of hydrogen-bond donors (Lipinski definition) is 2. The molecule has 0 bridgehead atoms. The third-order valence-corrected chi connectivity index (χ3v) is 2.63. The van der Waals surface area contributed by atoms with Crippen molar-refractivity contribution in [1.82, 2.24) is 9.97 Å². The molecule has 0 fully saturated rings. The van der Waals surface area contributed by atoms with Crippen LogP contribution in [-0.2, 0) is 11.2 Å². The SMILES string of the molecule is O=C(O)Cc1cnc(-c2ccccc2O)nc1Cl. The molecule has 1 aromatic heterocycles. The van der Waals surface area contributed by atoms with E-state index >= 15 is 0 Å². The number of hydrogen-bond acceptors (Lipinski definition) is 4. The van der Waals surface area contributed by atoms with Gasteiger partial charge in [0, 0.05) is 11.8 Å². The number of carboxylic acid groups (broad SMARTS) is 1. The minimum atomic E-state index is -1.00. The van der Waals surface area contributed by atoms with E-state index in [0.717, 1.165) is 0 Å². The van der Waals surface area contributed by atoms with E-state index in [1.807, 2.05) is 0 Å². The average molecular weight is 265 g/mol. The molecule has 0 unspecified atom stereocenters. The third kappa shape index (κ3) is 2.57. The number of aliphatic carboxylic acids is 1. The lowest BCUT2D eigenvalue weighted by Crippen LogP contribution is -2.03. The Morgan fingerprint density at radius 1 is 1.33 bits per heavy atom. The maximum atomic E-state index is 10.6. The van der Waals surface area contributed by atoms with Gasteiger partial charge in [-0.05, 0) is 12.1 Å². The number of phenols is 1. The molecule has 0 saturated carbocycles. The lowest BCUT2D eigenvalue weighted by Gasteiger charge is -2.05. The first-order valence-electron chi connectivity index (χ1n) is 5.09. The van der Waals surface area contributed by atoms with Gasteiger partial charge in [-0.2, -0.15) is 0 Å². The molecule has 0 radical (unpaired) electrons. The molecule has 5 nitrogen and oxygen atoms in total. The number of phenolic OH excluding ortho intramolecular Hbond substituents is 1. The van der Waals surface area contributed by atoms with E-state index in [4.69, 9.17) is 16.7 Å². The number of para-hydroxylation sites is 1. The number of halogens is 1. The lowest BCUT2D eigenvalue weighted by molar-refractivity contribution is -0.136. The van der Waals surface area contributed by atoms with Crippen LogP contribution in [0.4, 0.5) is 0 Å². The minimum absolute atomic E-state index is 0.0413. The summed E-state index contributed by atoms with van der Waals surface area (Å²) in [7, 11) is 0. The first kappa shape index (κ1) is 12.3. The zero-order chi connectivity index (χ0) is 13.1. The molecule has 0 spiro atoms. The number of aromatic hydroxyl groups is 1. The van der Waals surface area contributed by atoms with Gasteiger partial charge < -0.3 is 10.2 Å². The van der Waals surface area contributed by atoms with Crippen LogP contribution in [0.2, 0.25) is 5.15 Å². The highest BCUT2D eigenvalue weighted by atomic mass is 35.5. The van der Waals surface area contributed by atoms with E-state index in [1.54, 1.807) is 18.2 Å². The predicted molar refractivity (Wildman–Crippen MR) is 65.5 cm³/mol. The second-order valence-corrected chi connectivity index (χ2v) is 3.96.